The van der Waals surface area contributed by atoms with Gasteiger partial charge >= 0.3 is 0 Å². The molecule has 8 nitrogen and oxygen atoms in total. The molecular formula is C10H17N7O. The Labute approximate surface area is 105 Å². The van der Waals surface area contributed by atoms with E-state index in [1.165, 1.54) is 0 Å². The minimum Gasteiger partial charge on any atom is -0.368 e. The molecule has 0 aromatic carbocycles. The van der Waals surface area contributed by atoms with Gasteiger partial charge in [0, 0.05) is 32.1 Å². The van der Waals surface area contributed by atoms with Gasteiger partial charge in [-0.15, -0.1) is 0 Å². The standard InChI is InChI=1S/C10H17N7O/c1-17-5-6(2-3-9(17)18)13-7-4-8(16-12)15-10(11)14-7/h4,6H,2-3,5,12H2,1H3,(H4,11,13,14,15,16). The van der Waals surface area contributed by atoms with E-state index in [-0.39, 0.29) is 17.9 Å². The number of anilines is 3. The smallest absolute Gasteiger partial charge is 0.223 e. The Hall–Kier alpha value is -2.09. The van der Waals surface area contributed by atoms with Gasteiger partial charge in [0.15, 0.2) is 0 Å². The van der Waals surface area contributed by atoms with Gasteiger partial charge in [0.2, 0.25) is 11.9 Å². The fourth-order valence-corrected chi connectivity index (χ4v) is 1.95. The van der Waals surface area contributed by atoms with Gasteiger partial charge in [-0.1, -0.05) is 0 Å². The van der Waals surface area contributed by atoms with E-state index in [1.807, 2.05) is 0 Å². The quantitative estimate of drug-likeness (QED) is 0.417. The van der Waals surface area contributed by atoms with Gasteiger partial charge < -0.3 is 21.4 Å². The summed E-state index contributed by atoms with van der Waals surface area (Å²) in [6.45, 7) is 0.647. The molecule has 1 aromatic rings. The number of nitrogen functional groups attached to an aromatic ring is 2. The lowest BCUT2D eigenvalue weighted by molar-refractivity contribution is -0.132. The number of amides is 1. The number of carbonyl (C=O) groups is 1. The predicted octanol–water partition coefficient (Wildman–Crippen LogP) is -0.623. The van der Waals surface area contributed by atoms with E-state index in [9.17, 15) is 4.79 Å². The zero-order chi connectivity index (χ0) is 13.1. The molecule has 1 atom stereocenters. The van der Waals surface area contributed by atoms with Crippen molar-refractivity contribution in [3.05, 3.63) is 6.07 Å². The van der Waals surface area contributed by atoms with E-state index >= 15 is 0 Å². The molecule has 1 aliphatic heterocycles. The van der Waals surface area contributed by atoms with Crippen LogP contribution in [0, 0.1) is 0 Å². The summed E-state index contributed by atoms with van der Waals surface area (Å²) >= 11 is 0. The fourth-order valence-electron chi connectivity index (χ4n) is 1.95. The van der Waals surface area contributed by atoms with Crippen LogP contribution in [0.2, 0.25) is 0 Å². The van der Waals surface area contributed by atoms with Crippen LogP contribution >= 0.6 is 0 Å². The lowest BCUT2D eigenvalue weighted by atomic mass is 10.1. The van der Waals surface area contributed by atoms with Gasteiger partial charge in [0.05, 0.1) is 0 Å². The van der Waals surface area contributed by atoms with Gasteiger partial charge in [-0.2, -0.15) is 9.97 Å². The maximum absolute atomic E-state index is 11.4. The first-order chi connectivity index (χ1) is 8.58. The van der Waals surface area contributed by atoms with Crippen molar-refractivity contribution in [3.63, 3.8) is 0 Å². The number of aromatic nitrogens is 2. The molecule has 1 aliphatic rings. The van der Waals surface area contributed by atoms with Gasteiger partial charge in [-0.25, -0.2) is 5.84 Å². The van der Waals surface area contributed by atoms with Crippen molar-refractivity contribution in [2.45, 2.75) is 18.9 Å². The van der Waals surface area contributed by atoms with Gasteiger partial charge in [0.1, 0.15) is 11.6 Å². The number of piperidine rings is 1. The Morgan fingerprint density at radius 2 is 2.17 bits per heavy atom. The van der Waals surface area contributed by atoms with Crippen molar-refractivity contribution in [3.8, 4) is 0 Å². The number of carbonyl (C=O) groups excluding carboxylic acids is 1. The van der Waals surface area contributed by atoms with E-state index in [0.29, 0.717) is 24.6 Å². The highest BCUT2D eigenvalue weighted by Crippen LogP contribution is 2.17. The number of hydrogen-bond donors (Lipinski definition) is 4. The van der Waals surface area contributed by atoms with Crippen LogP contribution in [0.1, 0.15) is 12.8 Å². The lowest BCUT2D eigenvalue weighted by Crippen LogP contribution is -2.43. The molecule has 0 spiro atoms. The lowest BCUT2D eigenvalue weighted by Gasteiger charge is -2.30. The van der Waals surface area contributed by atoms with Crippen molar-refractivity contribution in [2.24, 2.45) is 5.84 Å². The molecule has 1 saturated heterocycles. The molecule has 18 heavy (non-hydrogen) atoms. The van der Waals surface area contributed by atoms with Crippen LogP contribution in [0.5, 0.6) is 0 Å². The van der Waals surface area contributed by atoms with Crippen molar-refractivity contribution in [1.82, 2.24) is 14.9 Å². The van der Waals surface area contributed by atoms with Gasteiger partial charge in [-0.3, -0.25) is 4.79 Å². The number of nitrogens with zero attached hydrogens (tertiary/aromatic N) is 3. The summed E-state index contributed by atoms with van der Waals surface area (Å²) in [4.78, 5) is 21.0. The van der Waals surface area contributed by atoms with Crippen molar-refractivity contribution in [2.75, 3.05) is 30.1 Å². The van der Waals surface area contributed by atoms with Gasteiger partial charge in [-0.05, 0) is 6.42 Å². The Balaban J connectivity index is 2.05. The first-order valence-corrected chi connectivity index (χ1v) is 5.70. The first-order valence-electron chi connectivity index (χ1n) is 5.70. The maximum Gasteiger partial charge on any atom is 0.223 e. The Morgan fingerprint density at radius 1 is 1.44 bits per heavy atom. The fraction of sp³-hybridized carbons (Fsp3) is 0.500. The van der Waals surface area contributed by atoms with Crippen LogP contribution in [-0.2, 0) is 4.79 Å². The van der Waals surface area contributed by atoms with E-state index < -0.39 is 0 Å². The van der Waals surface area contributed by atoms with Gasteiger partial charge in [0.25, 0.3) is 0 Å². The number of nitrogens with one attached hydrogen (secondary N) is 2. The third-order valence-electron chi connectivity index (χ3n) is 2.87. The molecule has 6 N–H and O–H groups in total. The minimum absolute atomic E-state index is 0.146. The number of likely N-dealkylation sites (tertiary alicyclic amines) is 1. The summed E-state index contributed by atoms with van der Waals surface area (Å²) in [5.74, 6) is 6.65. The van der Waals surface area contributed by atoms with Crippen molar-refractivity contribution in [1.29, 1.82) is 0 Å². The minimum atomic E-state index is 0.146. The zero-order valence-electron chi connectivity index (χ0n) is 10.2. The molecule has 2 rings (SSSR count). The Kier molecular flexibility index (Phi) is 3.47. The molecular weight excluding hydrogens is 234 g/mol. The van der Waals surface area contributed by atoms with Crippen LogP contribution in [0.25, 0.3) is 0 Å². The summed E-state index contributed by atoms with van der Waals surface area (Å²) < 4.78 is 0. The molecule has 0 aliphatic carbocycles. The summed E-state index contributed by atoms with van der Waals surface area (Å²) in [6, 6.07) is 1.83. The number of likely N-dealkylation sites (N-methyl/N-ethyl adjacent to an activating group) is 1. The van der Waals surface area contributed by atoms with Crippen LogP contribution < -0.4 is 22.3 Å². The molecule has 0 bridgehead atoms. The average Bonchev–Trinajstić information content (AvgIpc) is 2.33. The second-order valence-corrected chi connectivity index (χ2v) is 4.30. The molecule has 1 aromatic heterocycles. The largest absolute Gasteiger partial charge is 0.368 e. The maximum atomic E-state index is 11.4. The molecule has 1 amide bonds. The summed E-state index contributed by atoms with van der Waals surface area (Å²) in [5, 5.41) is 3.23. The summed E-state index contributed by atoms with van der Waals surface area (Å²) in [7, 11) is 1.79. The number of rotatable bonds is 3. The molecule has 0 saturated carbocycles. The van der Waals surface area contributed by atoms with Crippen LogP contribution in [0.3, 0.4) is 0 Å². The second kappa shape index (κ2) is 5.05. The van der Waals surface area contributed by atoms with Crippen molar-refractivity contribution < 1.29 is 4.79 Å². The zero-order valence-corrected chi connectivity index (χ0v) is 10.2. The molecule has 98 valence electrons. The highest BCUT2D eigenvalue weighted by atomic mass is 16.2. The van der Waals surface area contributed by atoms with E-state index in [4.69, 9.17) is 11.6 Å². The van der Waals surface area contributed by atoms with Crippen LogP contribution in [0.4, 0.5) is 17.6 Å². The highest BCUT2D eigenvalue weighted by molar-refractivity contribution is 5.77. The molecule has 8 heteroatoms. The van der Waals surface area contributed by atoms with Crippen LogP contribution in [-0.4, -0.2) is 40.4 Å². The number of nitrogens with two attached hydrogens (primary N) is 2. The normalized spacial score (nSPS) is 19.8. The predicted molar refractivity (Wildman–Crippen MR) is 68.5 cm³/mol. The second-order valence-electron chi connectivity index (χ2n) is 4.30. The van der Waals surface area contributed by atoms with E-state index in [1.54, 1.807) is 18.0 Å². The van der Waals surface area contributed by atoms with E-state index in [2.05, 4.69) is 20.7 Å². The summed E-state index contributed by atoms with van der Waals surface area (Å²) in [6.07, 6.45) is 1.31. The third kappa shape index (κ3) is 2.77. The Morgan fingerprint density at radius 3 is 2.83 bits per heavy atom. The monoisotopic (exact) mass is 251 g/mol. The van der Waals surface area contributed by atoms with E-state index in [0.717, 1.165) is 6.42 Å². The van der Waals surface area contributed by atoms with Crippen LogP contribution in [0.15, 0.2) is 6.07 Å². The SMILES string of the molecule is CN1CC(Nc2cc(NN)nc(N)n2)CCC1=O. The highest BCUT2D eigenvalue weighted by Gasteiger charge is 2.23. The third-order valence-corrected chi connectivity index (χ3v) is 2.87. The molecule has 1 fully saturated rings. The molecule has 1 unspecified atom stereocenters. The molecule has 0 radical (unpaired) electrons. The Bertz CT molecular complexity index is 450. The number of hydrazine groups is 1. The topological polar surface area (TPSA) is 122 Å². The average molecular weight is 251 g/mol. The van der Waals surface area contributed by atoms with Crippen molar-refractivity contribution >= 4 is 23.5 Å². The molecule has 2 heterocycles. The number of hydrogen-bond acceptors (Lipinski definition) is 7. The summed E-state index contributed by atoms with van der Waals surface area (Å²) in [5.41, 5.74) is 7.99. The first kappa shape index (κ1) is 12.4.